The Morgan fingerprint density at radius 2 is 1.64 bits per heavy atom. The Hall–Kier alpha value is -2.79. The maximum absolute atomic E-state index is 12.8. The lowest BCUT2D eigenvalue weighted by atomic mass is 10.0. The molecule has 0 bridgehead atoms. The number of benzene rings is 2. The third kappa shape index (κ3) is 4.37. The molecule has 2 heterocycles. The SMILES string of the molecule is O=C(NC[C@@H](c1ccccc1)N1CCCCCC1)c1ccc2nccnc2c1. The van der Waals surface area contributed by atoms with Crippen LogP contribution in [0.1, 0.15) is 47.6 Å². The largest absolute Gasteiger partial charge is 0.350 e. The molecule has 1 amide bonds. The third-order valence-electron chi connectivity index (χ3n) is 5.45. The van der Waals surface area contributed by atoms with Crippen LogP contribution < -0.4 is 5.32 Å². The van der Waals surface area contributed by atoms with Gasteiger partial charge in [-0.15, -0.1) is 0 Å². The summed E-state index contributed by atoms with van der Waals surface area (Å²) in [5, 5.41) is 3.15. The molecule has 0 saturated carbocycles. The van der Waals surface area contributed by atoms with Crippen LogP contribution in [0, 0.1) is 0 Å². The molecule has 5 nitrogen and oxygen atoms in total. The first-order valence-electron chi connectivity index (χ1n) is 10.1. The fourth-order valence-electron chi connectivity index (χ4n) is 3.94. The highest BCUT2D eigenvalue weighted by atomic mass is 16.1. The Balaban J connectivity index is 1.50. The van der Waals surface area contributed by atoms with Gasteiger partial charge in [0.05, 0.1) is 17.1 Å². The first kappa shape index (κ1) is 18.6. The molecule has 1 aromatic heterocycles. The monoisotopic (exact) mass is 374 g/mol. The summed E-state index contributed by atoms with van der Waals surface area (Å²) in [5.41, 5.74) is 3.41. The van der Waals surface area contributed by atoms with Gasteiger partial charge >= 0.3 is 0 Å². The van der Waals surface area contributed by atoms with Gasteiger partial charge in [-0.1, -0.05) is 43.2 Å². The molecule has 144 valence electrons. The van der Waals surface area contributed by atoms with E-state index in [9.17, 15) is 4.79 Å². The number of nitrogens with zero attached hydrogens (tertiary/aromatic N) is 3. The van der Waals surface area contributed by atoms with Gasteiger partial charge in [0.2, 0.25) is 0 Å². The van der Waals surface area contributed by atoms with Crippen molar-refractivity contribution in [3.05, 3.63) is 72.1 Å². The van der Waals surface area contributed by atoms with Crippen LogP contribution in [0.5, 0.6) is 0 Å². The summed E-state index contributed by atoms with van der Waals surface area (Å²) in [6.45, 7) is 2.77. The average molecular weight is 374 g/mol. The normalized spacial score (nSPS) is 16.4. The van der Waals surface area contributed by atoms with Gasteiger partial charge in [-0.2, -0.15) is 0 Å². The Bertz CT molecular complexity index is 920. The molecule has 0 spiro atoms. The minimum Gasteiger partial charge on any atom is -0.350 e. The summed E-state index contributed by atoms with van der Waals surface area (Å²) in [7, 11) is 0. The van der Waals surface area contributed by atoms with Crippen LogP contribution in [0.4, 0.5) is 0 Å². The molecule has 0 radical (unpaired) electrons. The highest BCUT2D eigenvalue weighted by Gasteiger charge is 2.22. The van der Waals surface area contributed by atoms with Crippen molar-refractivity contribution in [3.63, 3.8) is 0 Å². The smallest absolute Gasteiger partial charge is 0.251 e. The molecule has 1 N–H and O–H groups in total. The first-order chi connectivity index (χ1) is 13.8. The standard InChI is InChI=1S/C23H26N4O/c28-23(19-10-11-20-21(16-19)25-13-12-24-20)26-17-22(18-8-4-3-5-9-18)27-14-6-1-2-7-15-27/h3-5,8-13,16,22H,1-2,6-7,14-15,17H2,(H,26,28)/t22-/m0/s1. The number of rotatable bonds is 5. The summed E-state index contributed by atoms with van der Waals surface area (Å²) < 4.78 is 0. The van der Waals surface area contributed by atoms with E-state index in [0.29, 0.717) is 12.1 Å². The van der Waals surface area contributed by atoms with E-state index in [1.807, 2.05) is 18.2 Å². The lowest BCUT2D eigenvalue weighted by Crippen LogP contribution is -2.38. The Labute approximate surface area is 165 Å². The van der Waals surface area contributed by atoms with Crippen molar-refractivity contribution in [3.8, 4) is 0 Å². The molecule has 1 aliphatic rings. The predicted octanol–water partition coefficient (Wildman–Crippen LogP) is 3.98. The van der Waals surface area contributed by atoms with Gasteiger partial charge in [-0.05, 0) is 49.7 Å². The zero-order chi connectivity index (χ0) is 19.2. The van der Waals surface area contributed by atoms with Crippen LogP contribution in [-0.4, -0.2) is 40.4 Å². The minimum absolute atomic E-state index is 0.0664. The summed E-state index contributed by atoms with van der Waals surface area (Å²) in [6, 6.07) is 16.2. The topological polar surface area (TPSA) is 58.1 Å². The van der Waals surface area contributed by atoms with Gasteiger partial charge in [0, 0.05) is 24.5 Å². The van der Waals surface area contributed by atoms with Crippen molar-refractivity contribution in [1.29, 1.82) is 0 Å². The highest BCUT2D eigenvalue weighted by molar-refractivity contribution is 5.97. The molecule has 1 aliphatic heterocycles. The zero-order valence-electron chi connectivity index (χ0n) is 16.1. The van der Waals surface area contributed by atoms with Crippen LogP contribution in [-0.2, 0) is 0 Å². The van der Waals surface area contributed by atoms with Gasteiger partial charge < -0.3 is 5.32 Å². The molecule has 1 saturated heterocycles. The molecular weight excluding hydrogens is 348 g/mol. The van der Waals surface area contributed by atoms with Crippen molar-refractivity contribution < 1.29 is 4.79 Å². The Morgan fingerprint density at radius 1 is 0.929 bits per heavy atom. The highest BCUT2D eigenvalue weighted by Crippen LogP contribution is 2.24. The molecule has 1 fully saturated rings. The van der Waals surface area contributed by atoms with E-state index in [0.717, 1.165) is 24.1 Å². The van der Waals surface area contributed by atoms with E-state index in [1.54, 1.807) is 18.5 Å². The number of amides is 1. The predicted molar refractivity (Wildman–Crippen MR) is 111 cm³/mol. The Kier molecular flexibility index (Phi) is 5.92. The van der Waals surface area contributed by atoms with Gasteiger partial charge in [0.15, 0.2) is 0 Å². The number of aromatic nitrogens is 2. The lowest BCUT2D eigenvalue weighted by molar-refractivity contribution is 0.0933. The van der Waals surface area contributed by atoms with Crippen LogP contribution in [0.15, 0.2) is 60.9 Å². The first-order valence-corrected chi connectivity index (χ1v) is 10.1. The Morgan fingerprint density at radius 3 is 2.39 bits per heavy atom. The average Bonchev–Trinajstić information content (AvgIpc) is 3.04. The van der Waals surface area contributed by atoms with E-state index >= 15 is 0 Å². The number of nitrogens with one attached hydrogen (secondary N) is 1. The molecule has 28 heavy (non-hydrogen) atoms. The van der Waals surface area contributed by atoms with Gasteiger partial charge in [0.1, 0.15) is 0 Å². The van der Waals surface area contributed by atoms with Crippen LogP contribution >= 0.6 is 0 Å². The van der Waals surface area contributed by atoms with Gasteiger partial charge in [0.25, 0.3) is 5.91 Å². The van der Waals surface area contributed by atoms with Crippen LogP contribution in [0.25, 0.3) is 11.0 Å². The second-order valence-corrected chi connectivity index (χ2v) is 7.35. The molecule has 0 aliphatic carbocycles. The number of hydrogen-bond donors (Lipinski definition) is 1. The van der Waals surface area contributed by atoms with Crippen LogP contribution in [0.3, 0.4) is 0 Å². The summed E-state index contributed by atoms with van der Waals surface area (Å²) in [6.07, 6.45) is 8.34. The number of carbonyl (C=O) groups excluding carboxylic acids is 1. The van der Waals surface area contributed by atoms with Crippen molar-refractivity contribution in [2.24, 2.45) is 0 Å². The van der Waals surface area contributed by atoms with E-state index in [1.165, 1.54) is 31.2 Å². The van der Waals surface area contributed by atoms with Crippen molar-refractivity contribution in [1.82, 2.24) is 20.2 Å². The van der Waals surface area contributed by atoms with Gasteiger partial charge in [-0.3, -0.25) is 19.7 Å². The van der Waals surface area contributed by atoms with Crippen molar-refractivity contribution in [2.75, 3.05) is 19.6 Å². The number of carbonyl (C=O) groups is 1. The fraction of sp³-hybridized carbons (Fsp3) is 0.348. The van der Waals surface area contributed by atoms with Crippen LogP contribution in [0.2, 0.25) is 0 Å². The molecular formula is C23H26N4O. The lowest BCUT2D eigenvalue weighted by Gasteiger charge is -2.31. The maximum Gasteiger partial charge on any atom is 0.251 e. The molecule has 5 heteroatoms. The fourth-order valence-corrected chi connectivity index (χ4v) is 3.94. The van der Waals surface area contributed by atoms with Crippen molar-refractivity contribution in [2.45, 2.75) is 31.7 Å². The van der Waals surface area contributed by atoms with E-state index in [2.05, 4.69) is 44.5 Å². The number of likely N-dealkylation sites (tertiary alicyclic amines) is 1. The van der Waals surface area contributed by atoms with Crippen molar-refractivity contribution >= 4 is 16.9 Å². The minimum atomic E-state index is -0.0664. The molecule has 1 atom stereocenters. The number of fused-ring (bicyclic) bond motifs is 1. The molecule has 2 aromatic carbocycles. The molecule has 0 unspecified atom stereocenters. The van der Waals surface area contributed by atoms with E-state index < -0.39 is 0 Å². The third-order valence-corrected chi connectivity index (χ3v) is 5.45. The summed E-state index contributed by atoms with van der Waals surface area (Å²) >= 11 is 0. The maximum atomic E-state index is 12.8. The van der Waals surface area contributed by atoms with Gasteiger partial charge in [-0.25, -0.2) is 0 Å². The molecule has 4 rings (SSSR count). The summed E-state index contributed by atoms with van der Waals surface area (Å²) in [4.78, 5) is 23.9. The zero-order valence-corrected chi connectivity index (χ0v) is 16.1. The van der Waals surface area contributed by atoms with E-state index in [4.69, 9.17) is 0 Å². The second-order valence-electron chi connectivity index (χ2n) is 7.35. The quantitative estimate of drug-likeness (QED) is 0.734. The molecule has 3 aromatic rings. The number of hydrogen-bond acceptors (Lipinski definition) is 4. The van der Waals surface area contributed by atoms with E-state index in [-0.39, 0.29) is 11.9 Å². The second kappa shape index (κ2) is 8.93. The summed E-state index contributed by atoms with van der Waals surface area (Å²) in [5.74, 6) is -0.0664.